The third-order valence-electron chi connectivity index (χ3n) is 3.84. The van der Waals surface area contributed by atoms with Crippen molar-refractivity contribution in [3.63, 3.8) is 0 Å². The summed E-state index contributed by atoms with van der Waals surface area (Å²) in [5.74, 6) is 1.01. The molecular weight excluding hydrogens is 210 g/mol. The van der Waals surface area contributed by atoms with Gasteiger partial charge in [-0.3, -0.25) is 0 Å². The summed E-state index contributed by atoms with van der Waals surface area (Å²) in [6.07, 6.45) is 12.5. The minimum Gasteiger partial charge on any atom is -0.333 e. The second-order valence-corrected chi connectivity index (χ2v) is 5.15. The summed E-state index contributed by atoms with van der Waals surface area (Å²) in [7, 11) is 0. The molecule has 3 nitrogen and oxygen atoms in total. The first-order valence-electron chi connectivity index (χ1n) is 7.10. The molecule has 2 rings (SSSR count). The molecule has 1 saturated carbocycles. The SMILES string of the molecule is CCNCc1cncn1CCCC1CCCC1. The zero-order valence-electron chi connectivity index (χ0n) is 11.0. The summed E-state index contributed by atoms with van der Waals surface area (Å²) in [5.41, 5.74) is 1.32. The highest BCUT2D eigenvalue weighted by Crippen LogP contribution is 2.28. The zero-order valence-corrected chi connectivity index (χ0v) is 11.0. The summed E-state index contributed by atoms with van der Waals surface area (Å²) in [6.45, 7) is 5.24. The Morgan fingerprint density at radius 2 is 2.24 bits per heavy atom. The fourth-order valence-corrected chi connectivity index (χ4v) is 2.80. The molecule has 1 heterocycles. The van der Waals surface area contributed by atoms with E-state index in [0.29, 0.717) is 0 Å². The van der Waals surface area contributed by atoms with Crippen LogP contribution in [0.15, 0.2) is 12.5 Å². The molecule has 1 fully saturated rings. The van der Waals surface area contributed by atoms with Crippen LogP contribution in [-0.2, 0) is 13.1 Å². The van der Waals surface area contributed by atoms with Gasteiger partial charge >= 0.3 is 0 Å². The van der Waals surface area contributed by atoms with Crippen LogP contribution in [0.25, 0.3) is 0 Å². The molecule has 3 heteroatoms. The van der Waals surface area contributed by atoms with Gasteiger partial charge in [0.05, 0.1) is 12.0 Å². The molecule has 0 amide bonds. The molecule has 0 aromatic carbocycles. The van der Waals surface area contributed by atoms with Crippen LogP contribution in [0.2, 0.25) is 0 Å². The molecule has 0 atom stereocenters. The second kappa shape index (κ2) is 6.80. The Kier molecular flexibility index (Phi) is 5.05. The van der Waals surface area contributed by atoms with Crippen LogP contribution in [0.3, 0.4) is 0 Å². The molecule has 0 bridgehead atoms. The van der Waals surface area contributed by atoms with Gasteiger partial charge in [0.15, 0.2) is 0 Å². The van der Waals surface area contributed by atoms with Crippen molar-refractivity contribution in [3.05, 3.63) is 18.2 Å². The normalized spacial score (nSPS) is 16.8. The van der Waals surface area contributed by atoms with E-state index >= 15 is 0 Å². The van der Waals surface area contributed by atoms with Crippen molar-refractivity contribution in [1.82, 2.24) is 14.9 Å². The zero-order chi connectivity index (χ0) is 11.9. The number of hydrogen-bond donors (Lipinski definition) is 1. The van der Waals surface area contributed by atoms with Crippen LogP contribution >= 0.6 is 0 Å². The van der Waals surface area contributed by atoms with Crippen molar-refractivity contribution >= 4 is 0 Å². The molecule has 1 aromatic heterocycles. The van der Waals surface area contributed by atoms with E-state index < -0.39 is 0 Å². The number of aromatic nitrogens is 2. The maximum Gasteiger partial charge on any atom is 0.0948 e. The molecule has 0 spiro atoms. The number of imidazole rings is 1. The molecule has 1 aromatic rings. The van der Waals surface area contributed by atoms with Gasteiger partial charge in [0.1, 0.15) is 0 Å². The van der Waals surface area contributed by atoms with Crippen LogP contribution in [0, 0.1) is 5.92 Å². The van der Waals surface area contributed by atoms with Crippen LogP contribution in [0.4, 0.5) is 0 Å². The largest absolute Gasteiger partial charge is 0.333 e. The van der Waals surface area contributed by atoms with Gasteiger partial charge in [-0.1, -0.05) is 32.6 Å². The van der Waals surface area contributed by atoms with Gasteiger partial charge in [0.2, 0.25) is 0 Å². The second-order valence-electron chi connectivity index (χ2n) is 5.15. The highest BCUT2D eigenvalue weighted by atomic mass is 15.1. The predicted octanol–water partition coefficient (Wildman–Crippen LogP) is 2.96. The Bertz CT molecular complexity index is 313. The lowest BCUT2D eigenvalue weighted by Gasteiger charge is -2.11. The van der Waals surface area contributed by atoms with Crippen LogP contribution in [0.5, 0.6) is 0 Å². The fourth-order valence-electron chi connectivity index (χ4n) is 2.80. The van der Waals surface area contributed by atoms with E-state index in [-0.39, 0.29) is 0 Å². The third-order valence-corrected chi connectivity index (χ3v) is 3.84. The monoisotopic (exact) mass is 235 g/mol. The molecule has 96 valence electrons. The van der Waals surface area contributed by atoms with Gasteiger partial charge in [-0.05, 0) is 25.3 Å². The Morgan fingerprint density at radius 3 is 3.00 bits per heavy atom. The lowest BCUT2D eigenvalue weighted by molar-refractivity contribution is 0.453. The summed E-state index contributed by atoms with van der Waals surface area (Å²) in [4.78, 5) is 4.25. The first-order valence-corrected chi connectivity index (χ1v) is 7.10. The van der Waals surface area contributed by atoms with Gasteiger partial charge < -0.3 is 9.88 Å². The quantitative estimate of drug-likeness (QED) is 0.787. The highest BCUT2D eigenvalue weighted by molar-refractivity contribution is 4.97. The molecule has 0 saturated heterocycles. The van der Waals surface area contributed by atoms with Crippen molar-refractivity contribution in [3.8, 4) is 0 Å². The van der Waals surface area contributed by atoms with Crippen LogP contribution in [0.1, 0.15) is 51.1 Å². The Hall–Kier alpha value is -0.830. The summed E-state index contributed by atoms with van der Waals surface area (Å²) in [5, 5.41) is 3.36. The Labute approximate surface area is 105 Å². The van der Waals surface area contributed by atoms with E-state index in [1.165, 1.54) is 44.2 Å². The van der Waals surface area contributed by atoms with Crippen LogP contribution in [-0.4, -0.2) is 16.1 Å². The van der Waals surface area contributed by atoms with Crippen molar-refractivity contribution in [1.29, 1.82) is 0 Å². The van der Waals surface area contributed by atoms with Crippen molar-refractivity contribution in [2.75, 3.05) is 6.54 Å². The maximum absolute atomic E-state index is 4.25. The topological polar surface area (TPSA) is 29.9 Å². The molecule has 1 N–H and O–H groups in total. The summed E-state index contributed by atoms with van der Waals surface area (Å²) < 4.78 is 2.30. The van der Waals surface area contributed by atoms with E-state index in [1.807, 2.05) is 12.5 Å². The van der Waals surface area contributed by atoms with E-state index in [1.54, 1.807) is 0 Å². The molecule has 0 unspecified atom stereocenters. The van der Waals surface area contributed by atoms with Gasteiger partial charge in [-0.25, -0.2) is 4.98 Å². The molecular formula is C14H25N3. The lowest BCUT2D eigenvalue weighted by Crippen LogP contribution is -2.15. The van der Waals surface area contributed by atoms with Crippen LogP contribution < -0.4 is 5.32 Å². The third kappa shape index (κ3) is 3.84. The fraction of sp³-hybridized carbons (Fsp3) is 0.786. The minimum atomic E-state index is 0.944. The molecule has 17 heavy (non-hydrogen) atoms. The number of hydrogen-bond acceptors (Lipinski definition) is 2. The molecule has 0 aliphatic heterocycles. The number of aryl methyl sites for hydroxylation is 1. The predicted molar refractivity (Wildman–Crippen MR) is 70.8 cm³/mol. The van der Waals surface area contributed by atoms with E-state index in [0.717, 1.165) is 25.6 Å². The van der Waals surface area contributed by atoms with Crippen molar-refractivity contribution < 1.29 is 0 Å². The number of nitrogens with one attached hydrogen (secondary N) is 1. The minimum absolute atomic E-state index is 0.944. The Morgan fingerprint density at radius 1 is 1.41 bits per heavy atom. The molecule has 1 aliphatic carbocycles. The number of rotatable bonds is 7. The Balaban J connectivity index is 1.72. The molecule has 1 aliphatic rings. The lowest BCUT2D eigenvalue weighted by atomic mass is 10.0. The van der Waals surface area contributed by atoms with Gasteiger partial charge in [-0.2, -0.15) is 0 Å². The van der Waals surface area contributed by atoms with Gasteiger partial charge in [0, 0.05) is 19.3 Å². The first kappa shape index (κ1) is 12.6. The van der Waals surface area contributed by atoms with E-state index in [4.69, 9.17) is 0 Å². The first-order chi connectivity index (χ1) is 8.40. The van der Waals surface area contributed by atoms with E-state index in [2.05, 4.69) is 21.8 Å². The summed E-state index contributed by atoms with van der Waals surface area (Å²) >= 11 is 0. The van der Waals surface area contributed by atoms with E-state index in [9.17, 15) is 0 Å². The average Bonchev–Trinajstić information content (AvgIpc) is 2.98. The maximum atomic E-state index is 4.25. The number of nitrogens with zero attached hydrogens (tertiary/aromatic N) is 2. The van der Waals surface area contributed by atoms with Gasteiger partial charge in [0.25, 0.3) is 0 Å². The van der Waals surface area contributed by atoms with Crippen molar-refractivity contribution in [2.24, 2.45) is 5.92 Å². The van der Waals surface area contributed by atoms with Crippen molar-refractivity contribution in [2.45, 2.75) is 58.5 Å². The standard InChI is InChI=1S/C14H25N3/c1-2-15-10-14-11-16-12-17(14)9-5-8-13-6-3-4-7-13/h11-13,15H,2-10H2,1H3. The highest BCUT2D eigenvalue weighted by Gasteiger charge is 2.14. The molecule has 0 radical (unpaired) electrons. The average molecular weight is 235 g/mol. The summed E-state index contributed by atoms with van der Waals surface area (Å²) in [6, 6.07) is 0. The smallest absolute Gasteiger partial charge is 0.0948 e. The van der Waals surface area contributed by atoms with Gasteiger partial charge in [-0.15, -0.1) is 0 Å².